The highest BCUT2D eigenvalue weighted by atomic mass is 16.5. The lowest BCUT2D eigenvalue weighted by molar-refractivity contribution is 0.190. The van der Waals surface area contributed by atoms with Crippen molar-refractivity contribution in [2.24, 2.45) is 0 Å². The summed E-state index contributed by atoms with van der Waals surface area (Å²) in [6, 6.07) is 10.3. The Morgan fingerprint density at radius 3 is 2.14 bits per heavy atom. The third-order valence-electron chi connectivity index (χ3n) is 3.83. The minimum atomic E-state index is -0.527. The van der Waals surface area contributed by atoms with Gasteiger partial charge in [0, 0.05) is 5.56 Å². The fourth-order valence-electron chi connectivity index (χ4n) is 2.70. The molecule has 112 valence electrons. The van der Waals surface area contributed by atoms with Gasteiger partial charge in [-0.1, -0.05) is 29.8 Å². The molecule has 2 heteroatoms. The van der Waals surface area contributed by atoms with Gasteiger partial charge in [0.05, 0.1) is 6.10 Å². The van der Waals surface area contributed by atoms with Crippen molar-refractivity contribution in [2.75, 3.05) is 0 Å². The average Bonchev–Trinajstić information content (AvgIpc) is 2.37. The van der Waals surface area contributed by atoms with E-state index in [9.17, 15) is 5.11 Å². The molecule has 1 atom stereocenters. The van der Waals surface area contributed by atoms with Gasteiger partial charge in [0.1, 0.15) is 12.4 Å². The monoisotopic (exact) mass is 284 g/mol. The smallest absolute Gasteiger partial charge is 0.125 e. The van der Waals surface area contributed by atoms with Crippen LogP contribution in [0, 0.1) is 27.7 Å². The van der Waals surface area contributed by atoms with Gasteiger partial charge in [-0.25, -0.2) is 0 Å². The molecule has 0 spiro atoms. The van der Waals surface area contributed by atoms with Crippen LogP contribution in [-0.2, 0) is 6.61 Å². The van der Waals surface area contributed by atoms with Crippen molar-refractivity contribution in [1.82, 2.24) is 0 Å². The molecule has 0 saturated carbocycles. The maximum absolute atomic E-state index is 9.86. The van der Waals surface area contributed by atoms with Crippen molar-refractivity contribution in [3.8, 4) is 5.75 Å². The largest absolute Gasteiger partial charge is 0.488 e. The molecular weight excluding hydrogens is 260 g/mol. The summed E-state index contributed by atoms with van der Waals surface area (Å²) in [6.45, 7) is 10.7. The van der Waals surface area contributed by atoms with E-state index in [1.54, 1.807) is 6.92 Å². The second kappa shape index (κ2) is 6.31. The molecule has 2 rings (SSSR count). The summed E-state index contributed by atoms with van der Waals surface area (Å²) in [5.41, 5.74) is 6.96. The second-order valence-electron chi connectivity index (χ2n) is 5.88. The van der Waals surface area contributed by atoms with Gasteiger partial charge in [-0.15, -0.1) is 0 Å². The number of ether oxygens (including phenoxy) is 1. The van der Waals surface area contributed by atoms with Gasteiger partial charge >= 0.3 is 0 Å². The number of aryl methyl sites for hydroxylation is 4. The van der Waals surface area contributed by atoms with Crippen LogP contribution in [-0.4, -0.2) is 5.11 Å². The third-order valence-corrected chi connectivity index (χ3v) is 3.83. The number of rotatable bonds is 4. The standard InChI is InChI=1S/C19H24O2/c1-12-6-7-17(16(5)20)19(10-12)21-11-18-14(3)8-13(2)9-15(18)4/h6-10,16,20H,11H2,1-5H3/t16-/m1/s1. The van der Waals surface area contributed by atoms with Crippen LogP contribution >= 0.6 is 0 Å². The maximum Gasteiger partial charge on any atom is 0.125 e. The topological polar surface area (TPSA) is 29.5 Å². The molecule has 0 amide bonds. The molecule has 0 bridgehead atoms. The number of aliphatic hydroxyl groups excluding tert-OH is 1. The molecule has 2 aromatic rings. The predicted molar refractivity (Wildman–Crippen MR) is 86.8 cm³/mol. The van der Waals surface area contributed by atoms with E-state index in [0.717, 1.165) is 16.9 Å². The summed E-state index contributed by atoms with van der Waals surface area (Å²) < 4.78 is 6.01. The van der Waals surface area contributed by atoms with Gasteiger partial charge in [0.25, 0.3) is 0 Å². The summed E-state index contributed by atoms with van der Waals surface area (Å²) in [5.74, 6) is 0.768. The fourth-order valence-corrected chi connectivity index (χ4v) is 2.70. The molecule has 0 aliphatic carbocycles. The Hall–Kier alpha value is -1.80. The second-order valence-corrected chi connectivity index (χ2v) is 5.88. The molecule has 0 saturated heterocycles. The van der Waals surface area contributed by atoms with Gasteiger partial charge in [-0.3, -0.25) is 0 Å². The first-order valence-corrected chi connectivity index (χ1v) is 7.36. The molecule has 0 unspecified atom stereocenters. The number of aliphatic hydroxyl groups is 1. The van der Waals surface area contributed by atoms with E-state index in [1.807, 2.05) is 25.1 Å². The average molecular weight is 284 g/mol. The number of hydrogen-bond donors (Lipinski definition) is 1. The van der Waals surface area contributed by atoms with Crippen molar-refractivity contribution >= 4 is 0 Å². The normalized spacial score (nSPS) is 12.3. The van der Waals surface area contributed by atoms with Crippen molar-refractivity contribution in [3.63, 3.8) is 0 Å². The summed E-state index contributed by atoms with van der Waals surface area (Å²) in [4.78, 5) is 0. The van der Waals surface area contributed by atoms with Gasteiger partial charge < -0.3 is 9.84 Å². The van der Waals surface area contributed by atoms with E-state index in [1.165, 1.54) is 22.3 Å². The van der Waals surface area contributed by atoms with Gasteiger partial charge in [-0.2, -0.15) is 0 Å². The Balaban J connectivity index is 2.26. The molecule has 2 aromatic carbocycles. The van der Waals surface area contributed by atoms with E-state index in [4.69, 9.17) is 4.74 Å². The SMILES string of the molecule is Cc1cc(C)c(COc2cc(C)ccc2[C@@H](C)O)c(C)c1. The molecule has 21 heavy (non-hydrogen) atoms. The van der Waals surface area contributed by atoms with E-state index < -0.39 is 6.10 Å². The van der Waals surface area contributed by atoms with Crippen LogP contribution in [0.15, 0.2) is 30.3 Å². The van der Waals surface area contributed by atoms with E-state index >= 15 is 0 Å². The van der Waals surface area contributed by atoms with Crippen LogP contribution in [0.25, 0.3) is 0 Å². The summed E-state index contributed by atoms with van der Waals surface area (Å²) >= 11 is 0. The Morgan fingerprint density at radius 1 is 0.952 bits per heavy atom. The van der Waals surface area contributed by atoms with Crippen LogP contribution < -0.4 is 4.74 Å². The molecule has 0 aliphatic rings. The first kappa shape index (κ1) is 15.6. The Labute approximate surface area is 127 Å². The zero-order valence-corrected chi connectivity index (χ0v) is 13.5. The summed E-state index contributed by atoms with van der Waals surface area (Å²) in [5, 5.41) is 9.86. The lowest BCUT2D eigenvalue weighted by atomic mass is 10.0. The Morgan fingerprint density at radius 2 is 1.57 bits per heavy atom. The van der Waals surface area contributed by atoms with E-state index in [-0.39, 0.29) is 0 Å². The van der Waals surface area contributed by atoms with Gasteiger partial charge in [0.2, 0.25) is 0 Å². The van der Waals surface area contributed by atoms with Crippen molar-refractivity contribution in [1.29, 1.82) is 0 Å². The lowest BCUT2D eigenvalue weighted by Crippen LogP contribution is -2.04. The fraction of sp³-hybridized carbons (Fsp3) is 0.368. The van der Waals surface area contributed by atoms with Crippen LogP contribution in [0.4, 0.5) is 0 Å². The van der Waals surface area contributed by atoms with Crippen molar-refractivity contribution in [3.05, 3.63) is 63.7 Å². The highest BCUT2D eigenvalue weighted by Crippen LogP contribution is 2.28. The van der Waals surface area contributed by atoms with Crippen LogP contribution in [0.5, 0.6) is 5.75 Å². The highest BCUT2D eigenvalue weighted by molar-refractivity contribution is 5.40. The molecule has 2 nitrogen and oxygen atoms in total. The van der Waals surface area contributed by atoms with Crippen LogP contribution in [0.1, 0.15) is 46.4 Å². The predicted octanol–water partition coefficient (Wildman–Crippen LogP) is 4.55. The van der Waals surface area contributed by atoms with Crippen LogP contribution in [0.3, 0.4) is 0 Å². The first-order chi connectivity index (χ1) is 9.88. The van der Waals surface area contributed by atoms with Crippen LogP contribution in [0.2, 0.25) is 0 Å². The minimum Gasteiger partial charge on any atom is -0.488 e. The molecule has 0 aliphatic heterocycles. The van der Waals surface area contributed by atoms with E-state index in [0.29, 0.717) is 6.61 Å². The zero-order valence-electron chi connectivity index (χ0n) is 13.5. The van der Waals surface area contributed by atoms with Crippen molar-refractivity contribution < 1.29 is 9.84 Å². The molecule has 0 radical (unpaired) electrons. The lowest BCUT2D eigenvalue weighted by Gasteiger charge is -2.17. The molecule has 1 N–H and O–H groups in total. The third kappa shape index (κ3) is 3.64. The Bertz CT molecular complexity index is 619. The van der Waals surface area contributed by atoms with Crippen molar-refractivity contribution in [2.45, 2.75) is 47.3 Å². The van der Waals surface area contributed by atoms with E-state index in [2.05, 4.69) is 32.9 Å². The Kier molecular flexibility index (Phi) is 4.69. The minimum absolute atomic E-state index is 0.527. The first-order valence-electron chi connectivity index (χ1n) is 7.36. The van der Waals surface area contributed by atoms with Gasteiger partial charge in [-0.05, 0) is 62.9 Å². The quantitative estimate of drug-likeness (QED) is 0.892. The van der Waals surface area contributed by atoms with Gasteiger partial charge in [0.15, 0.2) is 0 Å². The highest BCUT2D eigenvalue weighted by Gasteiger charge is 2.11. The molecule has 0 aromatic heterocycles. The zero-order chi connectivity index (χ0) is 15.6. The molecular formula is C19H24O2. The maximum atomic E-state index is 9.86. The molecule has 0 fully saturated rings. The summed E-state index contributed by atoms with van der Waals surface area (Å²) in [7, 11) is 0. The summed E-state index contributed by atoms with van der Waals surface area (Å²) in [6.07, 6.45) is -0.527. The number of benzene rings is 2. The number of hydrogen-bond acceptors (Lipinski definition) is 2. The molecule has 0 heterocycles.